The van der Waals surface area contributed by atoms with E-state index in [2.05, 4.69) is 18.8 Å². The molecule has 0 fully saturated rings. The van der Waals surface area contributed by atoms with Gasteiger partial charge in [0.05, 0.1) is 5.75 Å². The van der Waals surface area contributed by atoms with Gasteiger partial charge in [-0.05, 0) is 36.3 Å². The first kappa shape index (κ1) is 22.1. The number of carboxylic acid groups (broad SMARTS) is 1. The summed E-state index contributed by atoms with van der Waals surface area (Å²) in [4.78, 5) is 24.6. The summed E-state index contributed by atoms with van der Waals surface area (Å²) in [6.45, 7) is 7.41. The summed E-state index contributed by atoms with van der Waals surface area (Å²) in [5.74, 6) is -2.47. The molecule has 0 aliphatic heterocycles. The number of carbonyl (C=O) groups is 2. The Kier molecular flexibility index (Phi) is 7.77. The Labute approximate surface area is 154 Å². The first-order valence-corrected chi connectivity index (χ1v) is 10.2. The van der Waals surface area contributed by atoms with Crippen molar-refractivity contribution in [3.63, 3.8) is 0 Å². The summed E-state index contributed by atoms with van der Waals surface area (Å²) in [5.41, 5.74) is -0.340. The fourth-order valence-electron chi connectivity index (χ4n) is 3.11. The molecule has 2 atom stereocenters. The van der Waals surface area contributed by atoms with Gasteiger partial charge in [-0.3, -0.25) is 14.1 Å². The molecule has 1 amide bonds. The highest BCUT2D eigenvalue weighted by Crippen LogP contribution is 2.40. The SMILES string of the molecule is C=CC1=C/C(=C/C(C)CCC)CC(C(=O)O)(C(=O)NCCS(=O)(=O)O)C1. The molecule has 0 aromatic carbocycles. The van der Waals surface area contributed by atoms with Crippen molar-refractivity contribution in [3.8, 4) is 0 Å². The maximum Gasteiger partial charge on any atom is 0.319 e. The summed E-state index contributed by atoms with van der Waals surface area (Å²) in [5, 5.41) is 12.1. The van der Waals surface area contributed by atoms with E-state index in [1.165, 1.54) is 6.08 Å². The van der Waals surface area contributed by atoms with Crippen LogP contribution in [-0.2, 0) is 19.7 Å². The van der Waals surface area contributed by atoms with Gasteiger partial charge in [0.15, 0.2) is 5.41 Å². The topological polar surface area (TPSA) is 121 Å². The van der Waals surface area contributed by atoms with E-state index >= 15 is 0 Å². The molecule has 0 aromatic heterocycles. The third kappa shape index (κ3) is 6.10. The lowest BCUT2D eigenvalue weighted by atomic mass is 9.71. The van der Waals surface area contributed by atoms with Crippen LogP contribution in [0.25, 0.3) is 0 Å². The normalized spacial score (nSPS) is 23.2. The standard InChI is InChI=1S/C18H27NO6S/c1-4-6-13(3)9-15-10-14(5-2)11-18(12-15,17(21)22)16(20)19-7-8-26(23,24)25/h5,9-10,13H,2,4,6-8,11-12H2,1,3H3,(H,19,20)(H,21,22)(H,23,24,25)/b15-9-. The van der Waals surface area contributed by atoms with Gasteiger partial charge in [-0.1, -0.05) is 45.1 Å². The van der Waals surface area contributed by atoms with E-state index in [0.717, 1.165) is 18.4 Å². The van der Waals surface area contributed by atoms with Crippen LogP contribution in [0, 0.1) is 11.3 Å². The minimum atomic E-state index is -4.24. The molecule has 0 saturated carbocycles. The number of amides is 1. The van der Waals surface area contributed by atoms with E-state index in [1.54, 1.807) is 0 Å². The van der Waals surface area contributed by atoms with Crippen molar-refractivity contribution < 1.29 is 27.7 Å². The van der Waals surface area contributed by atoms with Gasteiger partial charge in [-0.2, -0.15) is 8.42 Å². The summed E-state index contributed by atoms with van der Waals surface area (Å²) in [7, 11) is -4.24. The Morgan fingerprint density at radius 2 is 2.08 bits per heavy atom. The molecule has 0 saturated heterocycles. The molecule has 26 heavy (non-hydrogen) atoms. The number of rotatable bonds is 9. The van der Waals surface area contributed by atoms with Crippen LogP contribution < -0.4 is 5.32 Å². The molecule has 8 heteroatoms. The maximum absolute atomic E-state index is 12.6. The molecular weight excluding hydrogens is 358 g/mol. The van der Waals surface area contributed by atoms with E-state index in [4.69, 9.17) is 4.55 Å². The van der Waals surface area contributed by atoms with Gasteiger partial charge in [0.2, 0.25) is 5.91 Å². The minimum absolute atomic E-state index is 0.0193. The Balaban J connectivity index is 3.12. The molecule has 146 valence electrons. The lowest BCUT2D eigenvalue weighted by Gasteiger charge is -2.33. The predicted octanol–water partition coefficient (Wildman–Crippen LogP) is 2.33. The van der Waals surface area contributed by atoms with Gasteiger partial charge in [0.1, 0.15) is 0 Å². The van der Waals surface area contributed by atoms with Crippen molar-refractivity contribution in [2.45, 2.75) is 39.5 Å². The second-order valence-corrected chi connectivity index (χ2v) is 8.29. The third-order valence-electron chi connectivity index (χ3n) is 4.38. The fourth-order valence-corrected chi connectivity index (χ4v) is 3.47. The number of allylic oxidation sites excluding steroid dienone is 5. The molecule has 0 spiro atoms. The highest BCUT2D eigenvalue weighted by Gasteiger charge is 2.48. The second kappa shape index (κ2) is 9.14. The maximum atomic E-state index is 12.6. The smallest absolute Gasteiger partial charge is 0.319 e. The third-order valence-corrected chi connectivity index (χ3v) is 5.10. The van der Waals surface area contributed by atoms with E-state index in [9.17, 15) is 23.1 Å². The molecule has 7 nitrogen and oxygen atoms in total. The van der Waals surface area contributed by atoms with Gasteiger partial charge in [0.25, 0.3) is 10.1 Å². The average Bonchev–Trinajstić information content (AvgIpc) is 2.52. The number of hydrogen-bond acceptors (Lipinski definition) is 4. The molecule has 3 N–H and O–H groups in total. The monoisotopic (exact) mass is 385 g/mol. The van der Waals surface area contributed by atoms with Crippen molar-refractivity contribution in [1.29, 1.82) is 0 Å². The minimum Gasteiger partial charge on any atom is -0.480 e. The highest BCUT2D eigenvalue weighted by atomic mass is 32.2. The van der Waals surface area contributed by atoms with Crippen molar-refractivity contribution in [1.82, 2.24) is 5.32 Å². The Morgan fingerprint density at radius 3 is 2.58 bits per heavy atom. The first-order chi connectivity index (χ1) is 12.0. The van der Waals surface area contributed by atoms with E-state index in [1.807, 2.05) is 19.1 Å². The number of carboxylic acids is 1. The van der Waals surface area contributed by atoms with Gasteiger partial charge in [-0.15, -0.1) is 0 Å². The molecular formula is C18H27NO6S. The fraction of sp³-hybridized carbons (Fsp3) is 0.556. The Morgan fingerprint density at radius 1 is 1.42 bits per heavy atom. The van der Waals surface area contributed by atoms with Gasteiger partial charge in [-0.25, -0.2) is 0 Å². The zero-order valence-electron chi connectivity index (χ0n) is 15.2. The molecule has 1 rings (SSSR count). The highest BCUT2D eigenvalue weighted by molar-refractivity contribution is 7.85. The molecule has 1 aliphatic carbocycles. The van der Waals surface area contributed by atoms with Gasteiger partial charge < -0.3 is 10.4 Å². The summed E-state index contributed by atoms with van der Waals surface area (Å²) in [6, 6.07) is 0. The lowest BCUT2D eigenvalue weighted by Crippen LogP contribution is -2.49. The number of aliphatic carboxylic acids is 1. The summed E-state index contributed by atoms with van der Waals surface area (Å²) < 4.78 is 30.3. The van der Waals surface area contributed by atoms with Crippen molar-refractivity contribution in [3.05, 3.63) is 36.0 Å². The average molecular weight is 385 g/mol. The van der Waals surface area contributed by atoms with Crippen LogP contribution in [0.5, 0.6) is 0 Å². The Hall–Kier alpha value is -1.93. The first-order valence-electron chi connectivity index (χ1n) is 8.54. The van der Waals surface area contributed by atoms with E-state index in [0.29, 0.717) is 5.57 Å². The Bertz CT molecular complexity index is 722. The number of nitrogens with one attached hydrogen (secondary N) is 1. The second-order valence-electron chi connectivity index (χ2n) is 6.71. The molecule has 2 unspecified atom stereocenters. The van der Waals surface area contributed by atoms with E-state index < -0.39 is 33.2 Å². The van der Waals surface area contributed by atoms with Crippen LogP contribution in [0.1, 0.15) is 39.5 Å². The van der Waals surface area contributed by atoms with Crippen LogP contribution in [-0.4, -0.2) is 42.3 Å². The number of carbonyl (C=O) groups excluding carboxylic acids is 1. The van der Waals surface area contributed by atoms with Crippen molar-refractivity contribution in [2.75, 3.05) is 12.3 Å². The van der Waals surface area contributed by atoms with E-state index in [-0.39, 0.29) is 25.3 Å². The quantitative estimate of drug-likeness (QED) is 0.414. The molecule has 1 aliphatic rings. The van der Waals surface area contributed by atoms with Crippen LogP contribution in [0.4, 0.5) is 0 Å². The molecule has 0 heterocycles. The molecule has 0 radical (unpaired) electrons. The summed E-state index contributed by atoms with van der Waals surface area (Å²) in [6.07, 6.45) is 7.28. The number of hydrogen-bond donors (Lipinski definition) is 3. The van der Waals surface area contributed by atoms with Crippen LogP contribution in [0.3, 0.4) is 0 Å². The van der Waals surface area contributed by atoms with Crippen molar-refractivity contribution >= 4 is 22.0 Å². The van der Waals surface area contributed by atoms with Crippen LogP contribution in [0.15, 0.2) is 36.0 Å². The van der Waals surface area contributed by atoms with Gasteiger partial charge >= 0.3 is 5.97 Å². The largest absolute Gasteiger partial charge is 0.480 e. The van der Waals surface area contributed by atoms with Crippen LogP contribution >= 0.6 is 0 Å². The van der Waals surface area contributed by atoms with Gasteiger partial charge in [0, 0.05) is 6.54 Å². The molecule has 0 bridgehead atoms. The van der Waals surface area contributed by atoms with Crippen LogP contribution in [0.2, 0.25) is 0 Å². The molecule has 0 aromatic rings. The zero-order valence-corrected chi connectivity index (χ0v) is 16.0. The van der Waals surface area contributed by atoms with Crippen molar-refractivity contribution in [2.24, 2.45) is 11.3 Å². The summed E-state index contributed by atoms with van der Waals surface area (Å²) >= 11 is 0. The lowest BCUT2D eigenvalue weighted by molar-refractivity contribution is -0.156. The predicted molar refractivity (Wildman–Crippen MR) is 99.2 cm³/mol. The zero-order chi connectivity index (χ0) is 20.0.